The zero-order valence-corrected chi connectivity index (χ0v) is 13.7. The smallest absolute Gasteiger partial charge is 0.221 e. The molecule has 0 fully saturated rings. The maximum atomic E-state index is 14.3. The van der Waals surface area contributed by atoms with Crippen molar-refractivity contribution < 1.29 is 9.13 Å². The van der Waals surface area contributed by atoms with E-state index >= 15 is 0 Å². The minimum absolute atomic E-state index is 0.436. The van der Waals surface area contributed by atoms with Crippen LogP contribution >= 0.6 is 0 Å². The van der Waals surface area contributed by atoms with E-state index in [-0.39, 0.29) is 0 Å². The van der Waals surface area contributed by atoms with Crippen LogP contribution in [0.2, 0.25) is 0 Å². The van der Waals surface area contributed by atoms with Crippen molar-refractivity contribution in [2.24, 2.45) is 0 Å². The third-order valence-electron chi connectivity index (χ3n) is 4.14. The number of ether oxygens (including phenoxy) is 1. The molecule has 0 unspecified atom stereocenters. The van der Waals surface area contributed by atoms with Crippen LogP contribution in [0.15, 0.2) is 36.4 Å². The summed E-state index contributed by atoms with van der Waals surface area (Å²) in [4.78, 5) is 4.10. The Bertz CT molecular complexity index is 829. The van der Waals surface area contributed by atoms with Crippen LogP contribution in [0.4, 0.5) is 4.39 Å². The summed E-state index contributed by atoms with van der Waals surface area (Å²) in [6.07, 6.45) is 4.64. The molecule has 3 heteroatoms. The van der Waals surface area contributed by atoms with Gasteiger partial charge in [-0.05, 0) is 48.6 Å². The maximum Gasteiger partial charge on any atom is 0.221 e. The van der Waals surface area contributed by atoms with E-state index in [1.807, 2.05) is 37.3 Å². The van der Waals surface area contributed by atoms with Crippen LogP contribution in [-0.4, -0.2) is 11.6 Å². The molecule has 0 aliphatic rings. The second-order valence-electron chi connectivity index (χ2n) is 6.04. The summed E-state index contributed by atoms with van der Waals surface area (Å²) in [6, 6.07) is 11.6. The molecule has 0 spiro atoms. The summed E-state index contributed by atoms with van der Waals surface area (Å²) < 4.78 is 20.1. The first-order valence-electron chi connectivity index (χ1n) is 8.31. The van der Waals surface area contributed by atoms with Crippen molar-refractivity contribution in [3.05, 3.63) is 47.9 Å². The van der Waals surface area contributed by atoms with E-state index in [2.05, 4.69) is 11.9 Å². The van der Waals surface area contributed by atoms with Crippen molar-refractivity contribution in [2.75, 3.05) is 6.61 Å². The average Bonchev–Trinajstić information content (AvgIpc) is 2.54. The molecule has 0 amide bonds. The standard InChI is InChI=1S/C20H22FNO/c1-3-4-5-6-11-23-15-8-10-16-17-9-7-14(2)12-19(17)22-20(21)18(16)13-15/h7-10,12-13H,3-6,11H2,1-2H3. The molecule has 0 saturated heterocycles. The van der Waals surface area contributed by atoms with E-state index in [9.17, 15) is 4.39 Å². The topological polar surface area (TPSA) is 22.1 Å². The number of aryl methyl sites for hydroxylation is 1. The van der Waals surface area contributed by atoms with Crippen molar-refractivity contribution in [1.82, 2.24) is 4.98 Å². The Morgan fingerprint density at radius 1 is 0.957 bits per heavy atom. The number of benzene rings is 2. The number of hydrogen-bond donors (Lipinski definition) is 0. The molecule has 0 aliphatic carbocycles. The Kier molecular flexibility index (Phi) is 4.75. The second kappa shape index (κ2) is 6.95. The van der Waals surface area contributed by atoms with Gasteiger partial charge in [-0.3, -0.25) is 0 Å². The Morgan fingerprint density at radius 2 is 1.78 bits per heavy atom. The molecule has 120 valence electrons. The second-order valence-corrected chi connectivity index (χ2v) is 6.04. The minimum atomic E-state index is -0.436. The summed E-state index contributed by atoms with van der Waals surface area (Å²) in [6.45, 7) is 4.85. The highest BCUT2D eigenvalue weighted by molar-refractivity contribution is 6.06. The molecule has 0 saturated carbocycles. The number of rotatable bonds is 6. The SMILES string of the molecule is CCCCCCOc1ccc2c(c1)c(F)nc1cc(C)ccc12. The van der Waals surface area contributed by atoms with E-state index in [4.69, 9.17) is 4.74 Å². The van der Waals surface area contributed by atoms with Crippen LogP contribution in [-0.2, 0) is 0 Å². The van der Waals surface area contributed by atoms with Crippen molar-refractivity contribution in [2.45, 2.75) is 39.5 Å². The summed E-state index contributed by atoms with van der Waals surface area (Å²) >= 11 is 0. The zero-order chi connectivity index (χ0) is 16.2. The number of pyridine rings is 1. The van der Waals surface area contributed by atoms with Crippen molar-refractivity contribution in [3.63, 3.8) is 0 Å². The molecular formula is C20H22FNO. The molecule has 0 bridgehead atoms. The normalized spacial score (nSPS) is 11.3. The Balaban J connectivity index is 1.89. The van der Waals surface area contributed by atoms with Crippen LogP contribution in [0.5, 0.6) is 5.75 Å². The number of hydrogen-bond acceptors (Lipinski definition) is 2. The highest BCUT2D eigenvalue weighted by atomic mass is 19.1. The first-order chi connectivity index (χ1) is 11.2. The predicted octanol–water partition coefficient (Wildman–Crippen LogP) is 5.79. The van der Waals surface area contributed by atoms with Gasteiger partial charge in [-0.1, -0.05) is 38.3 Å². The van der Waals surface area contributed by atoms with Gasteiger partial charge in [0.2, 0.25) is 5.95 Å². The first kappa shape index (κ1) is 15.7. The first-order valence-corrected chi connectivity index (χ1v) is 8.31. The minimum Gasteiger partial charge on any atom is -0.494 e. The maximum absolute atomic E-state index is 14.3. The summed E-state index contributed by atoms with van der Waals surface area (Å²) in [7, 11) is 0. The fourth-order valence-corrected chi connectivity index (χ4v) is 2.87. The van der Waals surface area contributed by atoms with Crippen LogP contribution in [0.25, 0.3) is 21.7 Å². The Hall–Kier alpha value is -2.16. The van der Waals surface area contributed by atoms with Gasteiger partial charge in [0, 0.05) is 10.8 Å². The van der Waals surface area contributed by atoms with Gasteiger partial charge >= 0.3 is 0 Å². The van der Waals surface area contributed by atoms with Gasteiger partial charge in [-0.15, -0.1) is 0 Å². The number of unbranched alkanes of at least 4 members (excludes halogenated alkanes) is 3. The lowest BCUT2D eigenvalue weighted by atomic mass is 10.0. The number of aromatic nitrogens is 1. The summed E-state index contributed by atoms with van der Waals surface area (Å²) in [5.41, 5.74) is 1.78. The zero-order valence-electron chi connectivity index (χ0n) is 13.7. The van der Waals surface area contributed by atoms with Crippen LogP contribution < -0.4 is 4.74 Å². The lowest BCUT2D eigenvalue weighted by Crippen LogP contribution is -1.98. The van der Waals surface area contributed by atoms with Crippen LogP contribution in [0, 0.1) is 12.9 Å². The molecular weight excluding hydrogens is 289 g/mol. The molecule has 3 rings (SSSR count). The number of nitrogens with zero attached hydrogens (tertiary/aromatic N) is 1. The molecule has 1 heterocycles. The molecule has 0 aliphatic heterocycles. The predicted molar refractivity (Wildman–Crippen MR) is 93.6 cm³/mol. The fraction of sp³-hybridized carbons (Fsp3) is 0.350. The van der Waals surface area contributed by atoms with E-state index in [1.54, 1.807) is 6.07 Å². The lowest BCUT2D eigenvalue weighted by molar-refractivity contribution is 0.305. The van der Waals surface area contributed by atoms with Gasteiger partial charge in [0.1, 0.15) is 5.75 Å². The molecule has 0 atom stereocenters. The molecule has 2 nitrogen and oxygen atoms in total. The quantitative estimate of drug-likeness (QED) is 0.326. The third kappa shape index (κ3) is 3.44. The largest absolute Gasteiger partial charge is 0.494 e. The van der Waals surface area contributed by atoms with Crippen molar-refractivity contribution >= 4 is 21.7 Å². The van der Waals surface area contributed by atoms with Gasteiger partial charge in [0.25, 0.3) is 0 Å². The molecule has 0 N–H and O–H groups in total. The highest BCUT2D eigenvalue weighted by Gasteiger charge is 2.09. The average molecular weight is 311 g/mol. The van der Waals surface area contributed by atoms with Gasteiger partial charge in [-0.25, -0.2) is 4.98 Å². The number of halogens is 1. The molecule has 23 heavy (non-hydrogen) atoms. The van der Waals surface area contributed by atoms with Crippen LogP contribution in [0.1, 0.15) is 38.2 Å². The van der Waals surface area contributed by atoms with Crippen molar-refractivity contribution in [1.29, 1.82) is 0 Å². The molecule has 2 aromatic carbocycles. The number of fused-ring (bicyclic) bond motifs is 3. The lowest BCUT2D eigenvalue weighted by Gasteiger charge is -2.09. The Labute approximate surface area is 136 Å². The van der Waals surface area contributed by atoms with Gasteiger partial charge in [0.05, 0.1) is 12.1 Å². The molecule has 1 aromatic heterocycles. The van der Waals surface area contributed by atoms with Crippen LogP contribution in [0.3, 0.4) is 0 Å². The summed E-state index contributed by atoms with van der Waals surface area (Å²) in [5.74, 6) is 0.274. The third-order valence-corrected chi connectivity index (χ3v) is 4.14. The summed E-state index contributed by atoms with van der Waals surface area (Å²) in [5, 5.41) is 2.37. The monoisotopic (exact) mass is 311 g/mol. The van der Waals surface area contributed by atoms with Gasteiger partial charge in [0.15, 0.2) is 0 Å². The Morgan fingerprint density at radius 3 is 2.61 bits per heavy atom. The fourth-order valence-electron chi connectivity index (χ4n) is 2.87. The highest BCUT2D eigenvalue weighted by Crippen LogP contribution is 2.29. The van der Waals surface area contributed by atoms with E-state index < -0.39 is 5.95 Å². The molecule has 0 radical (unpaired) electrons. The van der Waals surface area contributed by atoms with Gasteiger partial charge < -0.3 is 4.74 Å². The van der Waals surface area contributed by atoms with E-state index in [0.29, 0.717) is 23.3 Å². The van der Waals surface area contributed by atoms with Crippen molar-refractivity contribution in [3.8, 4) is 5.75 Å². The van der Waals surface area contributed by atoms with E-state index in [0.717, 1.165) is 22.8 Å². The van der Waals surface area contributed by atoms with Gasteiger partial charge in [-0.2, -0.15) is 4.39 Å². The molecule has 3 aromatic rings. The van der Waals surface area contributed by atoms with E-state index in [1.165, 1.54) is 19.3 Å².